The number of hydrogen-bond acceptors (Lipinski definition) is 4. The molecule has 2 atom stereocenters. The van der Waals surface area contributed by atoms with Gasteiger partial charge in [0.2, 0.25) is 11.8 Å². The Kier molecular flexibility index (Phi) is 8.22. The molecule has 0 unspecified atom stereocenters. The summed E-state index contributed by atoms with van der Waals surface area (Å²) in [6.07, 6.45) is 3.20. The number of aliphatic carboxylic acids is 2. The second kappa shape index (κ2) is 11.7. The van der Waals surface area contributed by atoms with Gasteiger partial charge in [0.15, 0.2) is 6.04 Å². The Labute approximate surface area is 214 Å². The van der Waals surface area contributed by atoms with E-state index in [1.165, 1.54) is 4.90 Å². The highest BCUT2D eigenvalue weighted by atomic mass is 16.4. The molecule has 9 heteroatoms. The second-order valence-electron chi connectivity index (χ2n) is 9.37. The van der Waals surface area contributed by atoms with Gasteiger partial charge >= 0.3 is 11.9 Å². The SMILES string of the molecule is O=C(O)CCCCCCC(=O)N1Cc2[nH]c3ccccc3c2C[C@@H]1C(=O)N[C@H](C(=O)O)c1ccccc1. The molecule has 2 amide bonds. The lowest BCUT2D eigenvalue weighted by molar-refractivity contribution is -0.145. The summed E-state index contributed by atoms with van der Waals surface area (Å²) in [4.78, 5) is 54.4. The number of aromatic amines is 1. The number of nitrogens with one attached hydrogen (secondary N) is 2. The third-order valence-electron chi connectivity index (χ3n) is 6.82. The Morgan fingerprint density at radius 1 is 0.919 bits per heavy atom. The molecule has 0 bridgehead atoms. The van der Waals surface area contributed by atoms with Gasteiger partial charge in [-0.2, -0.15) is 0 Å². The van der Waals surface area contributed by atoms with Crippen molar-refractivity contribution in [2.24, 2.45) is 0 Å². The number of amides is 2. The molecule has 37 heavy (non-hydrogen) atoms. The maximum absolute atomic E-state index is 13.5. The van der Waals surface area contributed by atoms with Crippen molar-refractivity contribution < 1.29 is 29.4 Å². The zero-order valence-electron chi connectivity index (χ0n) is 20.5. The molecule has 2 heterocycles. The molecule has 0 spiro atoms. The standard InChI is InChI=1S/C28H31N3O6/c32-24(14-6-1-2-7-15-25(33)34)31-17-22-20(19-12-8-9-13-21(19)29-22)16-23(31)27(35)30-26(28(36)37)18-10-4-3-5-11-18/h3-5,8-13,23,26,29H,1-2,6-7,14-17H2,(H,30,35)(H,33,34)(H,36,37)/t23-,26+/m1/s1. The van der Waals surface area contributed by atoms with E-state index >= 15 is 0 Å². The normalized spacial score (nSPS) is 15.7. The highest BCUT2D eigenvalue weighted by Gasteiger charge is 2.37. The van der Waals surface area contributed by atoms with E-state index in [-0.39, 0.29) is 31.7 Å². The van der Waals surface area contributed by atoms with Crippen LogP contribution < -0.4 is 5.32 Å². The molecule has 0 fully saturated rings. The van der Waals surface area contributed by atoms with Gasteiger partial charge in [-0.1, -0.05) is 61.4 Å². The summed E-state index contributed by atoms with van der Waals surface area (Å²) in [6, 6.07) is 14.1. The lowest BCUT2D eigenvalue weighted by Gasteiger charge is -2.35. The first-order valence-corrected chi connectivity index (χ1v) is 12.5. The molecular formula is C28H31N3O6. The number of H-pyrrole nitrogens is 1. The van der Waals surface area contributed by atoms with Crippen molar-refractivity contribution in [3.63, 3.8) is 0 Å². The first kappa shape index (κ1) is 25.9. The Morgan fingerprint density at radius 3 is 2.30 bits per heavy atom. The predicted molar refractivity (Wildman–Crippen MR) is 137 cm³/mol. The molecule has 0 aliphatic carbocycles. The van der Waals surface area contributed by atoms with Crippen molar-refractivity contribution in [3.8, 4) is 0 Å². The molecule has 9 nitrogen and oxygen atoms in total. The van der Waals surface area contributed by atoms with Crippen molar-refractivity contribution in [3.05, 3.63) is 71.4 Å². The molecular weight excluding hydrogens is 474 g/mol. The van der Waals surface area contributed by atoms with Gasteiger partial charge in [0.25, 0.3) is 0 Å². The van der Waals surface area contributed by atoms with Crippen molar-refractivity contribution >= 4 is 34.7 Å². The van der Waals surface area contributed by atoms with Gasteiger partial charge in [-0.3, -0.25) is 14.4 Å². The number of benzene rings is 2. The summed E-state index contributed by atoms with van der Waals surface area (Å²) in [5, 5.41) is 22.2. The third-order valence-corrected chi connectivity index (χ3v) is 6.82. The summed E-state index contributed by atoms with van der Waals surface area (Å²) in [7, 11) is 0. The third kappa shape index (κ3) is 6.17. The summed E-state index contributed by atoms with van der Waals surface area (Å²) >= 11 is 0. The number of carbonyl (C=O) groups excluding carboxylic acids is 2. The fraction of sp³-hybridized carbons (Fsp3) is 0.357. The van der Waals surface area contributed by atoms with Crippen LogP contribution in [-0.4, -0.2) is 49.9 Å². The number of para-hydroxylation sites is 1. The summed E-state index contributed by atoms with van der Waals surface area (Å²) in [6.45, 7) is 0.225. The van der Waals surface area contributed by atoms with Crippen molar-refractivity contribution in [1.82, 2.24) is 15.2 Å². The van der Waals surface area contributed by atoms with Gasteiger partial charge in [-0.25, -0.2) is 4.79 Å². The van der Waals surface area contributed by atoms with Gasteiger partial charge in [0.05, 0.1) is 6.54 Å². The highest BCUT2D eigenvalue weighted by molar-refractivity contribution is 5.93. The van der Waals surface area contributed by atoms with Crippen LogP contribution in [0.15, 0.2) is 54.6 Å². The van der Waals surface area contributed by atoms with Crippen LogP contribution in [0, 0.1) is 0 Å². The monoisotopic (exact) mass is 505 g/mol. The Hall–Kier alpha value is -4.14. The second-order valence-corrected chi connectivity index (χ2v) is 9.37. The molecule has 1 aliphatic rings. The number of rotatable bonds is 11. The zero-order chi connectivity index (χ0) is 26.4. The minimum absolute atomic E-state index is 0.109. The van der Waals surface area contributed by atoms with Crippen molar-refractivity contribution in [2.75, 3.05) is 0 Å². The van der Waals surface area contributed by atoms with Crippen LogP contribution >= 0.6 is 0 Å². The number of carboxylic acids is 2. The van der Waals surface area contributed by atoms with Crippen LogP contribution in [0.3, 0.4) is 0 Å². The van der Waals surface area contributed by atoms with E-state index in [4.69, 9.17) is 5.11 Å². The van der Waals surface area contributed by atoms with E-state index in [9.17, 15) is 24.3 Å². The van der Waals surface area contributed by atoms with E-state index in [0.717, 1.165) is 28.6 Å². The molecule has 0 saturated heterocycles. The quantitative estimate of drug-likeness (QED) is 0.292. The number of carbonyl (C=O) groups is 4. The smallest absolute Gasteiger partial charge is 0.330 e. The molecule has 4 rings (SSSR count). The number of carboxylic acid groups (broad SMARTS) is 2. The molecule has 1 aliphatic heterocycles. The van der Waals surface area contributed by atoms with Crippen LogP contribution in [0.25, 0.3) is 10.9 Å². The first-order chi connectivity index (χ1) is 17.8. The van der Waals surface area contributed by atoms with Crippen LogP contribution in [0.4, 0.5) is 0 Å². The Balaban J connectivity index is 1.53. The minimum atomic E-state index is -1.23. The Morgan fingerprint density at radius 2 is 1.59 bits per heavy atom. The van der Waals surface area contributed by atoms with Crippen LogP contribution in [-0.2, 0) is 32.1 Å². The van der Waals surface area contributed by atoms with Crippen molar-refractivity contribution in [2.45, 2.75) is 63.6 Å². The molecule has 4 N–H and O–H groups in total. The number of hydrogen-bond donors (Lipinski definition) is 4. The fourth-order valence-corrected chi connectivity index (χ4v) is 4.93. The molecule has 1 aromatic heterocycles. The Bertz CT molecular complexity index is 1290. The van der Waals surface area contributed by atoms with Gasteiger partial charge in [-0.15, -0.1) is 0 Å². The maximum atomic E-state index is 13.5. The first-order valence-electron chi connectivity index (χ1n) is 12.5. The summed E-state index contributed by atoms with van der Waals surface area (Å²) in [5.74, 6) is -2.71. The van der Waals surface area contributed by atoms with Crippen molar-refractivity contribution in [1.29, 1.82) is 0 Å². The van der Waals surface area contributed by atoms with Crippen LogP contribution in [0.5, 0.6) is 0 Å². The molecule has 0 saturated carbocycles. The molecule has 0 radical (unpaired) electrons. The van der Waals surface area contributed by atoms with Crippen LogP contribution in [0.1, 0.15) is 61.4 Å². The molecule has 2 aromatic carbocycles. The fourth-order valence-electron chi connectivity index (χ4n) is 4.93. The van der Waals surface area contributed by atoms with Gasteiger partial charge in [0.1, 0.15) is 6.04 Å². The average Bonchev–Trinajstić information content (AvgIpc) is 3.26. The minimum Gasteiger partial charge on any atom is -0.481 e. The van der Waals surface area contributed by atoms with Crippen LogP contribution in [0.2, 0.25) is 0 Å². The van der Waals surface area contributed by atoms with E-state index in [2.05, 4.69) is 10.3 Å². The number of fused-ring (bicyclic) bond motifs is 3. The summed E-state index contributed by atoms with van der Waals surface area (Å²) in [5.41, 5.74) is 3.20. The summed E-state index contributed by atoms with van der Waals surface area (Å²) < 4.78 is 0. The topological polar surface area (TPSA) is 140 Å². The van der Waals surface area contributed by atoms with E-state index in [0.29, 0.717) is 24.8 Å². The number of unbranched alkanes of at least 4 members (excludes halogenated alkanes) is 3. The molecule has 194 valence electrons. The zero-order valence-corrected chi connectivity index (χ0v) is 20.5. The lowest BCUT2D eigenvalue weighted by atomic mass is 9.94. The molecule has 3 aromatic rings. The highest BCUT2D eigenvalue weighted by Crippen LogP contribution is 2.31. The van der Waals surface area contributed by atoms with E-state index < -0.39 is 29.9 Å². The largest absolute Gasteiger partial charge is 0.481 e. The van der Waals surface area contributed by atoms with E-state index in [1.807, 2.05) is 24.3 Å². The number of aromatic nitrogens is 1. The lowest BCUT2D eigenvalue weighted by Crippen LogP contribution is -2.53. The van der Waals surface area contributed by atoms with E-state index in [1.54, 1.807) is 30.3 Å². The average molecular weight is 506 g/mol. The van der Waals surface area contributed by atoms with Gasteiger partial charge < -0.3 is 25.4 Å². The number of nitrogens with zero attached hydrogens (tertiary/aromatic N) is 1. The predicted octanol–water partition coefficient (Wildman–Crippen LogP) is 3.79. The van der Waals surface area contributed by atoms with Gasteiger partial charge in [-0.05, 0) is 30.0 Å². The maximum Gasteiger partial charge on any atom is 0.330 e. The van der Waals surface area contributed by atoms with Gasteiger partial charge in [0, 0.05) is 35.9 Å².